The Morgan fingerprint density at radius 1 is 1.09 bits per heavy atom. The van der Waals surface area contributed by atoms with E-state index in [2.05, 4.69) is 14.9 Å². The lowest BCUT2D eigenvalue weighted by Gasteiger charge is -2.35. The maximum Gasteiger partial charge on any atom is 0.244 e. The highest BCUT2D eigenvalue weighted by atomic mass is 19.1. The van der Waals surface area contributed by atoms with Crippen LogP contribution in [0.25, 0.3) is 11.3 Å². The molecule has 1 aliphatic heterocycles. The Morgan fingerprint density at radius 2 is 1.88 bits per heavy atom. The maximum absolute atomic E-state index is 13.7. The molecule has 1 saturated heterocycles. The van der Waals surface area contributed by atoms with Crippen LogP contribution in [0.4, 0.5) is 10.2 Å². The van der Waals surface area contributed by atoms with E-state index in [0.29, 0.717) is 25.3 Å². The second-order valence-corrected chi connectivity index (χ2v) is 8.62. The second kappa shape index (κ2) is 10.7. The molecule has 0 bridgehead atoms. The van der Waals surface area contributed by atoms with Gasteiger partial charge in [-0.25, -0.2) is 14.4 Å². The molecule has 3 aromatic rings. The number of piperazine rings is 1. The molecule has 1 amide bonds. The fourth-order valence-electron chi connectivity index (χ4n) is 4.16. The van der Waals surface area contributed by atoms with Gasteiger partial charge in [-0.1, -0.05) is 0 Å². The zero-order valence-electron chi connectivity index (χ0n) is 20.0. The molecular weight excluding hydrogens is 435 g/mol. The van der Waals surface area contributed by atoms with Crippen molar-refractivity contribution in [3.63, 3.8) is 0 Å². The van der Waals surface area contributed by atoms with Gasteiger partial charge >= 0.3 is 0 Å². The van der Waals surface area contributed by atoms with Crippen LogP contribution in [0.15, 0.2) is 36.7 Å². The number of hydrogen-bond donors (Lipinski definition) is 0. The third-order valence-electron chi connectivity index (χ3n) is 6.13. The normalized spacial score (nSPS) is 14.0. The lowest BCUT2D eigenvalue weighted by Crippen LogP contribution is -2.50. The van der Waals surface area contributed by atoms with Crippen LogP contribution in [0.5, 0.6) is 0 Å². The third kappa shape index (κ3) is 5.59. The van der Waals surface area contributed by atoms with Crippen molar-refractivity contribution in [3.05, 3.63) is 59.4 Å². The van der Waals surface area contributed by atoms with Crippen LogP contribution < -0.4 is 4.90 Å². The summed E-state index contributed by atoms with van der Waals surface area (Å²) in [7, 11) is 1.68. The van der Waals surface area contributed by atoms with Crippen molar-refractivity contribution >= 4 is 11.7 Å². The van der Waals surface area contributed by atoms with Crippen LogP contribution in [0.3, 0.4) is 0 Å². The van der Waals surface area contributed by atoms with E-state index < -0.39 is 0 Å². The lowest BCUT2D eigenvalue weighted by molar-refractivity contribution is -0.132. The van der Waals surface area contributed by atoms with Crippen molar-refractivity contribution in [2.24, 2.45) is 0 Å². The molecule has 1 aromatic carbocycles. The van der Waals surface area contributed by atoms with Gasteiger partial charge in [0.1, 0.15) is 24.5 Å². The Kier molecular flexibility index (Phi) is 7.52. The minimum Gasteiger partial charge on any atom is -0.385 e. The standard InChI is InChI=1S/C25H31FN6O2/c1-18-13-20(6-7-22(18)26)23-15-21(5-4-12-34-3)32(29-23)16-25(33)31-10-8-30(9-11-31)24-14-19(2)27-17-28-24/h6-7,13-15,17H,4-5,8-12,16H2,1-3H3. The minimum atomic E-state index is -0.241. The predicted octanol–water partition coefficient (Wildman–Crippen LogP) is 3.02. The molecule has 1 aliphatic rings. The molecule has 4 rings (SSSR count). The Hall–Kier alpha value is -3.33. The molecule has 1 fully saturated rings. The van der Waals surface area contributed by atoms with Gasteiger partial charge in [0.05, 0.1) is 5.69 Å². The quantitative estimate of drug-likeness (QED) is 0.475. The summed E-state index contributed by atoms with van der Waals surface area (Å²) in [6, 6.07) is 8.93. The highest BCUT2D eigenvalue weighted by Crippen LogP contribution is 2.23. The first-order chi connectivity index (χ1) is 16.4. The number of benzene rings is 1. The van der Waals surface area contributed by atoms with E-state index in [0.717, 1.165) is 54.4 Å². The summed E-state index contributed by atoms with van der Waals surface area (Å²) in [4.78, 5) is 25.7. The van der Waals surface area contributed by atoms with Crippen molar-refractivity contribution in [1.29, 1.82) is 0 Å². The number of halogens is 1. The Balaban J connectivity index is 1.45. The average molecular weight is 467 g/mol. The molecule has 2 aromatic heterocycles. The van der Waals surface area contributed by atoms with Crippen molar-refractivity contribution < 1.29 is 13.9 Å². The molecule has 0 aliphatic carbocycles. The molecule has 34 heavy (non-hydrogen) atoms. The molecule has 3 heterocycles. The van der Waals surface area contributed by atoms with Crippen LogP contribution in [-0.4, -0.2) is 70.5 Å². The average Bonchev–Trinajstić information content (AvgIpc) is 3.23. The van der Waals surface area contributed by atoms with Crippen molar-refractivity contribution in [2.45, 2.75) is 33.2 Å². The van der Waals surface area contributed by atoms with Gasteiger partial charge in [-0.15, -0.1) is 0 Å². The van der Waals surface area contributed by atoms with Gasteiger partial charge in [-0.2, -0.15) is 5.10 Å². The van der Waals surface area contributed by atoms with E-state index in [1.165, 1.54) is 6.07 Å². The third-order valence-corrected chi connectivity index (χ3v) is 6.13. The topological polar surface area (TPSA) is 76.4 Å². The number of aryl methyl sites for hydroxylation is 3. The van der Waals surface area contributed by atoms with E-state index in [1.54, 1.807) is 37.2 Å². The van der Waals surface area contributed by atoms with Crippen LogP contribution >= 0.6 is 0 Å². The van der Waals surface area contributed by atoms with Gasteiger partial charge in [0.25, 0.3) is 0 Å². The summed E-state index contributed by atoms with van der Waals surface area (Å²) in [6.45, 7) is 7.20. The molecule has 9 heteroatoms. The Bertz CT molecular complexity index is 1140. The van der Waals surface area contributed by atoms with Crippen molar-refractivity contribution in [3.8, 4) is 11.3 Å². The smallest absolute Gasteiger partial charge is 0.244 e. The van der Waals surface area contributed by atoms with Gasteiger partial charge in [0.2, 0.25) is 5.91 Å². The van der Waals surface area contributed by atoms with Gasteiger partial charge in [-0.05, 0) is 56.5 Å². The molecule has 0 spiro atoms. The molecule has 0 saturated carbocycles. The first-order valence-electron chi connectivity index (χ1n) is 11.6. The summed E-state index contributed by atoms with van der Waals surface area (Å²) in [5.41, 5.74) is 4.05. The summed E-state index contributed by atoms with van der Waals surface area (Å²) in [5.74, 6) is 0.692. The summed E-state index contributed by atoms with van der Waals surface area (Å²) >= 11 is 0. The number of carbonyl (C=O) groups is 1. The lowest BCUT2D eigenvalue weighted by atomic mass is 10.1. The van der Waals surface area contributed by atoms with Crippen LogP contribution in [0, 0.1) is 19.7 Å². The number of rotatable bonds is 8. The molecule has 180 valence electrons. The number of ether oxygens (including phenoxy) is 1. The van der Waals surface area contributed by atoms with Gasteiger partial charge < -0.3 is 14.5 Å². The largest absolute Gasteiger partial charge is 0.385 e. The number of hydrogen-bond acceptors (Lipinski definition) is 6. The summed E-state index contributed by atoms with van der Waals surface area (Å²) < 4.78 is 20.7. The number of aromatic nitrogens is 4. The van der Waals surface area contributed by atoms with Gasteiger partial charge in [0.15, 0.2) is 0 Å². The number of amides is 1. The Labute approximate surface area is 199 Å². The van der Waals surface area contributed by atoms with E-state index in [1.807, 2.05) is 24.0 Å². The van der Waals surface area contributed by atoms with E-state index in [-0.39, 0.29) is 18.3 Å². The second-order valence-electron chi connectivity index (χ2n) is 8.62. The number of anilines is 1. The van der Waals surface area contributed by atoms with E-state index in [9.17, 15) is 9.18 Å². The van der Waals surface area contributed by atoms with E-state index in [4.69, 9.17) is 9.84 Å². The SMILES string of the molecule is COCCCc1cc(-c2ccc(F)c(C)c2)nn1CC(=O)N1CCN(c2cc(C)ncn2)CC1. The van der Waals surface area contributed by atoms with Gasteiger partial charge in [0, 0.05) is 62.9 Å². The Morgan fingerprint density at radius 3 is 2.59 bits per heavy atom. The fraction of sp³-hybridized carbons (Fsp3) is 0.440. The number of nitrogens with zero attached hydrogens (tertiary/aromatic N) is 6. The van der Waals surface area contributed by atoms with Crippen molar-refractivity contribution in [2.75, 3.05) is 44.8 Å². The molecule has 8 nitrogen and oxygen atoms in total. The number of methoxy groups -OCH3 is 1. The highest BCUT2D eigenvalue weighted by Gasteiger charge is 2.23. The van der Waals surface area contributed by atoms with Gasteiger partial charge in [-0.3, -0.25) is 9.48 Å². The predicted molar refractivity (Wildman–Crippen MR) is 128 cm³/mol. The zero-order chi connectivity index (χ0) is 24.1. The van der Waals surface area contributed by atoms with Crippen LogP contribution in [0.1, 0.15) is 23.4 Å². The summed E-state index contributed by atoms with van der Waals surface area (Å²) in [5, 5.41) is 4.72. The molecule has 0 N–H and O–H groups in total. The molecular formula is C25H31FN6O2. The van der Waals surface area contributed by atoms with Crippen LogP contribution in [-0.2, 0) is 22.5 Å². The number of carbonyl (C=O) groups excluding carboxylic acids is 1. The minimum absolute atomic E-state index is 0.0384. The first-order valence-corrected chi connectivity index (χ1v) is 11.6. The molecule has 0 unspecified atom stereocenters. The monoisotopic (exact) mass is 466 g/mol. The zero-order valence-corrected chi connectivity index (χ0v) is 20.0. The maximum atomic E-state index is 13.7. The van der Waals surface area contributed by atoms with Crippen LogP contribution in [0.2, 0.25) is 0 Å². The summed E-state index contributed by atoms with van der Waals surface area (Å²) in [6.07, 6.45) is 3.15. The molecule has 0 radical (unpaired) electrons. The highest BCUT2D eigenvalue weighted by molar-refractivity contribution is 5.76. The molecule has 0 atom stereocenters. The fourth-order valence-corrected chi connectivity index (χ4v) is 4.16. The van der Waals surface area contributed by atoms with E-state index >= 15 is 0 Å². The van der Waals surface area contributed by atoms with Crippen molar-refractivity contribution in [1.82, 2.24) is 24.6 Å². The first kappa shape index (κ1) is 23.8.